The lowest BCUT2D eigenvalue weighted by Crippen LogP contribution is -2.26. The fourth-order valence-electron chi connectivity index (χ4n) is 2.71. The number of hydrazone groups is 1. The number of carbonyl (C=O) groups excluding carboxylic acids is 1. The van der Waals surface area contributed by atoms with Gasteiger partial charge in [-0.2, -0.15) is 5.10 Å². The van der Waals surface area contributed by atoms with Gasteiger partial charge in [-0.3, -0.25) is 9.80 Å². The Balaban J connectivity index is 1.69. The average Bonchev–Trinajstić information content (AvgIpc) is 3.03. The quantitative estimate of drug-likeness (QED) is 0.835. The van der Waals surface area contributed by atoms with Gasteiger partial charge in [0.2, 0.25) is 0 Å². The lowest BCUT2D eigenvalue weighted by molar-refractivity contribution is 0.0785. The number of anilines is 1. The van der Waals surface area contributed by atoms with E-state index in [2.05, 4.69) is 5.10 Å². The van der Waals surface area contributed by atoms with E-state index in [1.807, 2.05) is 60.5 Å². The maximum absolute atomic E-state index is 12.6. The van der Waals surface area contributed by atoms with Crippen molar-refractivity contribution in [2.24, 2.45) is 5.10 Å². The van der Waals surface area contributed by atoms with Crippen molar-refractivity contribution in [3.05, 3.63) is 64.7 Å². The van der Waals surface area contributed by atoms with E-state index < -0.39 is 0 Å². The van der Waals surface area contributed by atoms with Crippen molar-refractivity contribution < 1.29 is 4.79 Å². The monoisotopic (exact) mass is 341 g/mol. The number of hydrogen-bond donors (Lipinski definition) is 0. The summed E-state index contributed by atoms with van der Waals surface area (Å²) in [6, 6.07) is 15.2. The molecular formula is C19H20ClN3O. The normalized spacial score (nSPS) is 13.8. The molecule has 1 aliphatic heterocycles. The first-order chi connectivity index (χ1) is 11.5. The van der Waals surface area contributed by atoms with Gasteiger partial charge >= 0.3 is 0 Å². The summed E-state index contributed by atoms with van der Waals surface area (Å²) in [7, 11) is 1.79. The second-order valence-electron chi connectivity index (χ2n) is 6.01. The van der Waals surface area contributed by atoms with Crippen LogP contribution in [0.3, 0.4) is 0 Å². The van der Waals surface area contributed by atoms with Gasteiger partial charge in [-0.25, -0.2) is 0 Å². The molecular weight excluding hydrogens is 322 g/mol. The number of hydrogen-bond acceptors (Lipinski definition) is 3. The summed E-state index contributed by atoms with van der Waals surface area (Å²) in [5.74, 6) is -0.0254. The Kier molecular flexibility index (Phi) is 4.86. The van der Waals surface area contributed by atoms with Crippen molar-refractivity contribution >= 4 is 28.9 Å². The van der Waals surface area contributed by atoms with Gasteiger partial charge in [0.25, 0.3) is 5.91 Å². The highest BCUT2D eigenvalue weighted by Gasteiger charge is 2.16. The molecule has 1 amide bonds. The number of halogens is 1. The zero-order valence-electron chi connectivity index (χ0n) is 13.9. The number of rotatable bonds is 4. The Bertz CT molecular complexity index is 770. The van der Waals surface area contributed by atoms with Crippen LogP contribution in [0.15, 0.2) is 53.6 Å². The molecule has 0 spiro atoms. The van der Waals surface area contributed by atoms with E-state index >= 15 is 0 Å². The zero-order valence-corrected chi connectivity index (χ0v) is 14.6. The minimum Gasteiger partial charge on any atom is -0.337 e. The lowest BCUT2D eigenvalue weighted by Gasteiger charge is -2.19. The molecule has 3 rings (SSSR count). The molecule has 0 radical (unpaired) electrons. The minimum atomic E-state index is -0.0254. The van der Waals surface area contributed by atoms with Crippen LogP contribution in [-0.2, 0) is 6.54 Å². The molecule has 124 valence electrons. The fraction of sp³-hybridized carbons (Fsp3) is 0.263. The molecule has 2 aromatic rings. The zero-order chi connectivity index (χ0) is 17.1. The van der Waals surface area contributed by atoms with Gasteiger partial charge in [0.05, 0.1) is 5.69 Å². The summed E-state index contributed by atoms with van der Waals surface area (Å²) in [6.45, 7) is 3.41. The van der Waals surface area contributed by atoms with E-state index in [9.17, 15) is 4.79 Å². The molecule has 2 aromatic carbocycles. The second-order valence-corrected chi connectivity index (χ2v) is 6.42. The van der Waals surface area contributed by atoms with Crippen molar-refractivity contribution in [1.82, 2.24) is 4.90 Å². The molecule has 0 aromatic heterocycles. The fourth-order valence-corrected chi connectivity index (χ4v) is 2.91. The molecule has 0 bridgehead atoms. The first-order valence-electron chi connectivity index (χ1n) is 7.95. The molecule has 0 unspecified atom stereocenters. The number of amides is 1. The molecule has 24 heavy (non-hydrogen) atoms. The van der Waals surface area contributed by atoms with E-state index in [4.69, 9.17) is 11.6 Å². The Morgan fingerprint density at radius 3 is 2.54 bits per heavy atom. The molecule has 0 N–H and O–H groups in total. The number of carbonyl (C=O) groups is 1. The maximum atomic E-state index is 12.6. The summed E-state index contributed by atoms with van der Waals surface area (Å²) < 4.78 is 0. The minimum absolute atomic E-state index is 0.0254. The number of benzene rings is 2. The highest BCUT2D eigenvalue weighted by atomic mass is 35.5. The van der Waals surface area contributed by atoms with E-state index in [1.54, 1.807) is 11.9 Å². The van der Waals surface area contributed by atoms with Crippen LogP contribution < -0.4 is 5.01 Å². The molecule has 4 nitrogen and oxygen atoms in total. The Morgan fingerprint density at radius 2 is 1.92 bits per heavy atom. The topological polar surface area (TPSA) is 35.9 Å². The van der Waals surface area contributed by atoms with Crippen molar-refractivity contribution in [2.75, 3.05) is 18.6 Å². The third kappa shape index (κ3) is 3.60. The van der Waals surface area contributed by atoms with Crippen LogP contribution >= 0.6 is 11.6 Å². The van der Waals surface area contributed by atoms with Gasteiger partial charge in [-0.05, 0) is 42.8 Å². The van der Waals surface area contributed by atoms with Crippen LogP contribution in [0.25, 0.3) is 0 Å². The maximum Gasteiger partial charge on any atom is 0.253 e. The summed E-state index contributed by atoms with van der Waals surface area (Å²) in [6.07, 6.45) is 0.987. The first-order valence-corrected chi connectivity index (χ1v) is 8.33. The highest BCUT2D eigenvalue weighted by Crippen LogP contribution is 2.21. The van der Waals surface area contributed by atoms with Gasteiger partial charge in [0, 0.05) is 42.9 Å². The van der Waals surface area contributed by atoms with Gasteiger partial charge in [-0.15, -0.1) is 0 Å². The van der Waals surface area contributed by atoms with E-state index in [0.29, 0.717) is 17.1 Å². The molecule has 1 aliphatic rings. The lowest BCUT2D eigenvalue weighted by atomic mass is 10.1. The van der Waals surface area contributed by atoms with Gasteiger partial charge in [0.15, 0.2) is 0 Å². The Labute approximate surface area is 147 Å². The molecule has 0 saturated heterocycles. The third-order valence-corrected chi connectivity index (χ3v) is 4.47. The largest absolute Gasteiger partial charge is 0.337 e. The molecule has 0 fully saturated rings. The van der Waals surface area contributed by atoms with Crippen LogP contribution in [0.4, 0.5) is 5.69 Å². The third-order valence-electron chi connectivity index (χ3n) is 4.10. The van der Waals surface area contributed by atoms with Crippen molar-refractivity contribution in [3.8, 4) is 0 Å². The van der Waals surface area contributed by atoms with Crippen LogP contribution in [0.1, 0.15) is 29.3 Å². The summed E-state index contributed by atoms with van der Waals surface area (Å²) in [4.78, 5) is 14.3. The van der Waals surface area contributed by atoms with Crippen molar-refractivity contribution in [1.29, 1.82) is 0 Å². The molecule has 5 heteroatoms. The van der Waals surface area contributed by atoms with Crippen molar-refractivity contribution in [3.63, 3.8) is 0 Å². The Morgan fingerprint density at radius 1 is 1.21 bits per heavy atom. The highest BCUT2D eigenvalue weighted by molar-refractivity contribution is 6.31. The molecule has 0 aliphatic carbocycles. The van der Waals surface area contributed by atoms with E-state index in [0.717, 1.165) is 29.9 Å². The van der Waals surface area contributed by atoms with E-state index in [-0.39, 0.29) is 5.91 Å². The summed E-state index contributed by atoms with van der Waals surface area (Å²) in [5.41, 5.74) is 3.74. The first kappa shape index (κ1) is 16.5. The van der Waals surface area contributed by atoms with E-state index in [1.165, 1.54) is 0 Å². The van der Waals surface area contributed by atoms with Gasteiger partial charge in [0.1, 0.15) is 0 Å². The van der Waals surface area contributed by atoms with Crippen LogP contribution in [0, 0.1) is 0 Å². The van der Waals surface area contributed by atoms with Crippen LogP contribution in [0.2, 0.25) is 5.02 Å². The summed E-state index contributed by atoms with van der Waals surface area (Å²) in [5, 5.41) is 7.12. The predicted octanol–water partition coefficient (Wildman–Crippen LogP) is 4.20. The summed E-state index contributed by atoms with van der Waals surface area (Å²) >= 11 is 6.17. The molecule has 1 heterocycles. The second kappa shape index (κ2) is 7.05. The average molecular weight is 342 g/mol. The predicted molar refractivity (Wildman–Crippen MR) is 98.8 cm³/mol. The Hall–Kier alpha value is -2.33. The van der Waals surface area contributed by atoms with Gasteiger partial charge in [-0.1, -0.05) is 29.8 Å². The molecule has 0 atom stereocenters. The number of nitrogens with zero attached hydrogens (tertiary/aromatic N) is 3. The van der Waals surface area contributed by atoms with Gasteiger partial charge < -0.3 is 4.90 Å². The van der Waals surface area contributed by atoms with Crippen LogP contribution in [-0.4, -0.2) is 30.1 Å². The van der Waals surface area contributed by atoms with Crippen molar-refractivity contribution in [2.45, 2.75) is 19.9 Å². The molecule has 0 saturated carbocycles. The van der Waals surface area contributed by atoms with Crippen LogP contribution in [0.5, 0.6) is 0 Å². The standard InChI is InChI=1S/C19H20ClN3O/c1-14-11-12-23(21-14)17-9-7-15(8-10-17)19(24)22(2)13-16-5-3-4-6-18(16)20/h3-10H,11-13H2,1-2H3. The smallest absolute Gasteiger partial charge is 0.253 e. The SMILES string of the molecule is CC1=NN(c2ccc(C(=O)N(C)Cc3ccccc3Cl)cc2)CC1.